The van der Waals surface area contributed by atoms with E-state index in [0.29, 0.717) is 5.69 Å². The number of anilines is 2. The number of nitrogens with two attached hydrogens (primary N) is 1. The fraction of sp³-hybridized carbons (Fsp3) is 0.364. The summed E-state index contributed by atoms with van der Waals surface area (Å²) in [6.07, 6.45) is 3.11. The number of benzene rings is 1. The molecular weight excluding hydrogens is 176 g/mol. The van der Waals surface area contributed by atoms with Gasteiger partial charge >= 0.3 is 0 Å². The number of amides is 1. The number of nitrogens with one attached hydrogen (secondary N) is 1. The predicted octanol–water partition coefficient (Wildman–Crippen LogP) is 1.64. The molecule has 1 amide bonds. The van der Waals surface area contributed by atoms with Crippen molar-refractivity contribution < 1.29 is 4.79 Å². The van der Waals surface area contributed by atoms with Crippen LogP contribution in [0.1, 0.15) is 24.8 Å². The van der Waals surface area contributed by atoms with Crippen LogP contribution in [0.25, 0.3) is 0 Å². The van der Waals surface area contributed by atoms with Gasteiger partial charge in [0.15, 0.2) is 0 Å². The predicted molar refractivity (Wildman–Crippen MR) is 55.0 cm³/mol. The van der Waals surface area contributed by atoms with Crippen molar-refractivity contribution in [1.82, 2.24) is 0 Å². The summed E-state index contributed by atoms with van der Waals surface area (Å²) in [6, 6.07) is 5.71. The molecule has 1 aromatic rings. The monoisotopic (exact) mass is 188 g/mol. The molecule has 1 saturated carbocycles. The zero-order valence-electron chi connectivity index (χ0n) is 7.84. The molecule has 0 aromatic heterocycles. The summed E-state index contributed by atoms with van der Waals surface area (Å²) in [7, 11) is 0. The van der Waals surface area contributed by atoms with Crippen molar-refractivity contribution in [3.05, 3.63) is 23.8 Å². The topological polar surface area (TPSA) is 55.1 Å². The van der Waals surface area contributed by atoms with Crippen LogP contribution in [0.4, 0.5) is 11.4 Å². The first-order chi connectivity index (χ1) is 6.72. The van der Waals surface area contributed by atoms with E-state index in [2.05, 4.69) is 5.32 Å². The number of hydrogen-bond acceptors (Lipinski definition) is 2. The molecule has 0 unspecified atom stereocenters. The van der Waals surface area contributed by atoms with Crippen LogP contribution in [0.15, 0.2) is 18.2 Å². The fourth-order valence-electron chi connectivity index (χ4n) is 2.47. The van der Waals surface area contributed by atoms with Crippen LogP contribution in [0, 0.1) is 0 Å². The van der Waals surface area contributed by atoms with E-state index in [1.54, 1.807) is 0 Å². The molecule has 0 atom stereocenters. The molecule has 1 aliphatic carbocycles. The lowest BCUT2D eigenvalue weighted by atomic mass is 9.65. The molecule has 1 heterocycles. The fourth-order valence-corrected chi connectivity index (χ4v) is 2.47. The third kappa shape index (κ3) is 0.750. The highest BCUT2D eigenvalue weighted by Crippen LogP contribution is 2.51. The van der Waals surface area contributed by atoms with Crippen molar-refractivity contribution in [3.8, 4) is 0 Å². The molecule has 3 N–H and O–H groups in total. The van der Waals surface area contributed by atoms with E-state index in [-0.39, 0.29) is 11.3 Å². The van der Waals surface area contributed by atoms with Crippen molar-refractivity contribution in [2.75, 3.05) is 11.1 Å². The Morgan fingerprint density at radius 1 is 1.36 bits per heavy atom. The van der Waals surface area contributed by atoms with Crippen molar-refractivity contribution in [1.29, 1.82) is 0 Å². The summed E-state index contributed by atoms with van der Waals surface area (Å²) in [5.41, 5.74) is 8.23. The maximum absolute atomic E-state index is 11.8. The van der Waals surface area contributed by atoms with E-state index in [1.807, 2.05) is 18.2 Å². The first-order valence-electron chi connectivity index (χ1n) is 4.94. The maximum Gasteiger partial charge on any atom is 0.235 e. The highest BCUT2D eigenvalue weighted by molar-refractivity contribution is 6.07. The second kappa shape index (κ2) is 2.29. The molecule has 0 bridgehead atoms. The van der Waals surface area contributed by atoms with Crippen LogP contribution in [0.3, 0.4) is 0 Å². The van der Waals surface area contributed by atoms with E-state index in [9.17, 15) is 4.79 Å². The summed E-state index contributed by atoms with van der Waals surface area (Å²) >= 11 is 0. The highest BCUT2D eigenvalue weighted by atomic mass is 16.2. The SMILES string of the molecule is Nc1ccc2c(c1)NC(=O)C21CCC1. The van der Waals surface area contributed by atoms with Gasteiger partial charge in [-0.2, -0.15) is 0 Å². The molecule has 1 aliphatic heterocycles. The van der Waals surface area contributed by atoms with Crippen LogP contribution in [0.5, 0.6) is 0 Å². The van der Waals surface area contributed by atoms with Gasteiger partial charge in [0.1, 0.15) is 0 Å². The number of fused-ring (bicyclic) bond motifs is 2. The molecule has 3 rings (SSSR count). The number of carbonyl (C=O) groups is 1. The van der Waals surface area contributed by atoms with Crippen LogP contribution < -0.4 is 11.1 Å². The van der Waals surface area contributed by atoms with Gasteiger partial charge in [0.05, 0.1) is 5.41 Å². The number of carbonyl (C=O) groups excluding carboxylic acids is 1. The van der Waals surface area contributed by atoms with Crippen molar-refractivity contribution in [2.24, 2.45) is 0 Å². The third-order valence-electron chi connectivity index (χ3n) is 3.45. The van der Waals surface area contributed by atoms with Crippen molar-refractivity contribution >= 4 is 17.3 Å². The van der Waals surface area contributed by atoms with E-state index >= 15 is 0 Å². The number of nitrogen functional groups attached to an aromatic ring is 1. The summed E-state index contributed by atoms with van der Waals surface area (Å²) in [6.45, 7) is 0. The lowest BCUT2D eigenvalue weighted by molar-refractivity contribution is -0.123. The Balaban J connectivity index is 2.18. The second-order valence-electron chi connectivity index (χ2n) is 4.19. The molecule has 0 saturated heterocycles. The molecule has 14 heavy (non-hydrogen) atoms. The smallest absolute Gasteiger partial charge is 0.235 e. The summed E-state index contributed by atoms with van der Waals surface area (Å²) in [5, 5.41) is 2.91. The minimum absolute atomic E-state index is 0.157. The van der Waals surface area contributed by atoms with E-state index in [0.717, 1.165) is 30.5 Å². The van der Waals surface area contributed by atoms with Gasteiger partial charge in [-0.1, -0.05) is 12.5 Å². The van der Waals surface area contributed by atoms with Gasteiger partial charge in [-0.05, 0) is 30.5 Å². The molecule has 0 radical (unpaired) electrons. The Morgan fingerprint density at radius 2 is 2.14 bits per heavy atom. The molecular formula is C11H12N2O. The second-order valence-corrected chi connectivity index (χ2v) is 4.19. The van der Waals surface area contributed by atoms with E-state index in [1.165, 1.54) is 0 Å². The highest BCUT2D eigenvalue weighted by Gasteiger charge is 2.50. The van der Waals surface area contributed by atoms with Crippen LogP contribution in [-0.4, -0.2) is 5.91 Å². The summed E-state index contributed by atoms with van der Waals surface area (Å²) in [5.74, 6) is 0.157. The van der Waals surface area contributed by atoms with Gasteiger partial charge in [0.25, 0.3) is 0 Å². The summed E-state index contributed by atoms with van der Waals surface area (Å²) < 4.78 is 0. The third-order valence-corrected chi connectivity index (χ3v) is 3.45. The van der Waals surface area contributed by atoms with E-state index < -0.39 is 0 Å². The Bertz CT molecular complexity index is 421. The van der Waals surface area contributed by atoms with Crippen LogP contribution in [-0.2, 0) is 10.2 Å². The minimum Gasteiger partial charge on any atom is -0.399 e. The van der Waals surface area contributed by atoms with Gasteiger partial charge in [0.2, 0.25) is 5.91 Å². The average Bonchev–Trinajstić information content (AvgIpc) is 2.34. The van der Waals surface area contributed by atoms with Gasteiger partial charge in [-0.15, -0.1) is 0 Å². The lowest BCUT2D eigenvalue weighted by Crippen LogP contribution is -2.40. The zero-order chi connectivity index (χ0) is 9.76. The lowest BCUT2D eigenvalue weighted by Gasteiger charge is -2.36. The van der Waals surface area contributed by atoms with Crippen LogP contribution >= 0.6 is 0 Å². The molecule has 72 valence electrons. The van der Waals surface area contributed by atoms with Crippen molar-refractivity contribution in [3.63, 3.8) is 0 Å². The Hall–Kier alpha value is -1.51. The number of hydrogen-bond donors (Lipinski definition) is 2. The molecule has 3 heteroatoms. The minimum atomic E-state index is -0.205. The normalized spacial score (nSPS) is 21.6. The van der Waals surface area contributed by atoms with Gasteiger partial charge in [-0.25, -0.2) is 0 Å². The van der Waals surface area contributed by atoms with E-state index in [4.69, 9.17) is 5.73 Å². The standard InChI is InChI=1S/C11H12N2O/c12-7-2-3-8-9(6-7)13-10(14)11(8)4-1-5-11/h2-3,6H,1,4-5,12H2,(H,13,14). The Labute approximate surface area is 82.3 Å². The first kappa shape index (κ1) is 7.85. The largest absolute Gasteiger partial charge is 0.399 e. The van der Waals surface area contributed by atoms with Crippen molar-refractivity contribution in [2.45, 2.75) is 24.7 Å². The van der Waals surface area contributed by atoms with Gasteiger partial charge in [-0.3, -0.25) is 4.79 Å². The number of rotatable bonds is 0. The van der Waals surface area contributed by atoms with Gasteiger partial charge in [0, 0.05) is 11.4 Å². The summed E-state index contributed by atoms with van der Waals surface area (Å²) in [4.78, 5) is 11.8. The molecule has 3 nitrogen and oxygen atoms in total. The zero-order valence-corrected chi connectivity index (χ0v) is 7.84. The molecule has 2 aliphatic rings. The quantitative estimate of drug-likeness (QED) is 0.608. The maximum atomic E-state index is 11.8. The molecule has 1 aromatic carbocycles. The Morgan fingerprint density at radius 3 is 2.79 bits per heavy atom. The Kier molecular flexibility index (Phi) is 1.29. The molecule has 1 spiro atoms. The molecule has 1 fully saturated rings. The average molecular weight is 188 g/mol. The van der Waals surface area contributed by atoms with Gasteiger partial charge < -0.3 is 11.1 Å². The van der Waals surface area contributed by atoms with Crippen LogP contribution in [0.2, 0.25) is 0 Å². The first-order valence-corrected chi connectivity index (χ1v) is 4.94.